The monoisotopic (exact) mass is 551 g/mol. The van der Waals surface area contributed by atoms with Gasteiger partial charge < -0.3 is 24.2 Å². The maximum atomic E-state index is 13.0. The Bertz CT molecular complexity index is 782. The highest BCUT2D eigenvalue weighted by molar-refractivity contribution is 5.86. The number of esters is 1. The molecule has 3 heterocycles. The first-order valence-electron chi connectivity index (χ1n) is 12.6. The fraction of sp³-hybridized carbons (Fsp3) is 0.731. The van der Waals surface area contributed by atoms with Gasteiger partial charge in [-0.2, -0.15) is 0 Å². The second kappa shape index (κ2) is 14.8. The molecule has 0 unspecified atom stereocenters. The first-order valence-corrected chi connectivity index (χ1v) is 12.6. The van der Waals surface area contributed by atoms with E-state index < -0.39 is 5.41 Å². The largest absolute Gasteiger partial charge is 0.492 e. The van der Waals surface area contributed by atoms with Crippen LogP contribution in [-0.2, 0) is 22.5 Å². The number of hydrogen-bond acceptors (Lipinski definition) is 6. The predicted molar refractivity (Wildman–Crippen MR) is 149 cm³/mol. The fourth-order valence-corrected chi connectivity index (χ4v) is 5.60. The van der Waals surface area contributed by atoms with Gasteiger partial charge in [0.05, 0.1) is 6.61 Å². The summed E-state index contributed by atoms with van der Waals surface area (Å²) >= 11 is 0. The molecule has 2 fully saturated rings. The summed E-state index contributed by atoms with van der Waals surface area (Å²) in [5, 5.41) is 0. The summed E-state index contributed by atoms with van der Waals surface area (Å²) < 4.78 is 11.8. The Kier molecular flexibility index (Phi) is 13.7. The molecule has 0 spiro atoms. The molecule has 0 aromatic heterocycles. The minimum absolute atomic E-state index is 0. The van der Waals surface area contributed by atoms with Crippen LogP contribution in [0, 0.1) is 5.41 Å². The molecule has 3 aliphatic heterocycles. The molecule has 9 heteroatoms. The first-order chi connectivity index (χ1) is 15.5. The number of hydrogen-bond donors (Lipinski definition) is 0. The molecule has 0 bridgehead atoms. The highest BCUT2D eigenvalue weighted by atomic mass is 35.5. The third-order valence-corrected chi connectivity index (χ3v) is 7.88. The molecule has 4 rings (SSSR count). The van der Waals surface area contributed by atoms with Crippen LogP contribution in [-0.4, -0.2) is 86.2 Å². The van der Waals surface area contributed by atoms with Gasteiger partial charge in [-0.15, -0.1) is 37.2 Å². The maximum Gasteiger partial charge on any atom is 0.315 e. The van der Waals surface area contributed by atoms with E-state index in [4.69, 9.17) is 9.47 Å². The van der Waals surface area contributed by atoms with Gasteiger partial charge in [-0.25, -0.2) is 0 Å². The van der Waals surface area contributed by atoms with E-state index in [0.29, 0.717) is 19.3 Å². The molecule has 0 radical (unpaired) electrons. The van der Waals surface area contributed by atoms with Crippen LogP contribution in [0.4, 0.5) is 0 Å². The number of likely N-dealkylation sites (N-methyl/N-ethyl adjacent to an activating group) is 1. The van der Waals surface area contributed by atoms with Crippen molar-refractivity contribution in [1.82, 2.24) is 14.7 Å². The third kappa shape index (κ3) is 7.86. The predicted octanol–water partition coefficient (Wildman–Crippen LogP) is 4.45. The summed E-state index contributed by atoms with van der Waals surface area (Å²) in [4.78, 5) is 20.5. The molecule has 0 N–H and O–H groups in total. The van der Waals surface area contributed by atoms with Crippen molar-refractivity contribution in [1.29, 1.82) is 0 Å². The summed E-state index contributed by atoms with van der Waals surface area (Å²) in [7, 11) is 2.16. The van der Waals surface area contributed by atoms with Crippen molar-refractivity contribution in [3.63, 3.8) is 0 Å². The smallest absolute Gasteiger partial charge is 0.315 e. The van der Waals surface area contributed by atoms with Gasteiger partial charge in [0.2, 0.25) is 0 Å². The average molecular weight is 553 g/mol. The van der Waals surface area contributed by atoms with Crippen molar-refractivity contribution in [2.45, 2.75) is 58.5 Å². The number of carbonyl (C=O) groups is 1. The van der Waals surface area contributed by atoms with Gasteiger partial charge >= 0.3 is 5.97 Å². The van der Waals surface area contributed by atoms with Crippen molar-refractivity contribution >= 4 is 43.2 Å². The molecule has 0 amide bonds. The molecule has 2 saturated heterocycles. The SMILES string of the molecule is CCOC(=O)C1(COc2ccc3c(c2)CN(C)CC3)CCN(C2CCN(CC)CC2)CC1.Cl.Cl.Cl. The Labute approximate surface area is 230 Å². The molecule has 0 saturated carbocycles. The van der Waals surface area contributed by atoms with Crippen LogP contribution in [0.25, 0.3) is 0 Å². The lowest BCUT2D eigenvalue weighted by Crippen LogP contribution is -2.53. The van der Waals surface area contributed by atoms with Crippen molar-refractivity contribution in [2.75, 3.05) is 59.5 Å². The number of ether oxygens (including phenoxy) is 2. The first kappa shape index (κ1) is 32.3. The van der Waals surface area contributed by atoms with E-state index in [1.165, 1.54) is 37.1 Å². The molecule has 3 aliphatic rings. The summed E-state index contributed by atoms with van der Waals surface area (Å²) in [6, 6.07) is 7.08. The Hall–Kier alpha value is -0.760. The maximum absolute atomic E-state index is 13.0. The fourth-order valence-electron chi connectivity index (χ4n) is 5.60. The van der Waals surface area contributed by atoms with Crippen LogP contribution in [0.1, 0.15) is 50.7 Å². The van der Waals surface area contributed by atoms with Crippen LogP contribution in [0.5, 0.6) is 5.75 Å². The van der Waals surface area contributed by atoms with Crippen LogP contribution in [0.15, 0.2) is 18.2 Å². The van der Waals surface area contributed by atoms with Crippen LogP contribution < -0.4 is 4.74 Å². The lowest BCUT2D eigenvalue weighted by Gasteiger charge is -2.44. The number of halogens is 3. The number of rotatable bonds is 7. The van der Waals surface area contributed by atoms with E-state index in [0.717, 1.165) is 57.7 Å². The van der Waals surface area contributed by atoms with Gasteiger partial charge in [0.15, 0.2) is 0 Å². The summed E-state index contributed by atoms with van der Waals surface area (Å²) in [5.74, 6) is 0.787. The summed E-state index contributed by atoms with van der Waals surface area (Å²) in [6.45, 7) is 12.5. The molecule has 1 aromatic carbocycles. The zero-order chi connectivity index (χ0) is 22.6. The standard InChI is InChI=1S/C26H41N3O3.3ClH/c1-4-28-14-9-23(10-15-28)29-16-11-26(12-17-29,25(30)31-5-2)20-32-24-7-6-21-8-13-27(3)19-22(21)18-24;;;/h6-7,18,23H,4-5,8-17,19-20H2,1-3H3;3*1H. The van der Waals surface area contributed by atoms with E-state index in [-0.39, 0.29) is 43.2 Å². The third-order valence-electron chi connectivity index (χ3n) is 7.88. The number of nitrogens with zero attached hydrogens (tertiary/aromatic N) is 3. The van der Waals surface area contributed by atoms with Crippen molar-refractivity contribution < 1.29 is 14.3 Å². The van der Waals surface area contributed by atoms with Crippen molar-refractivity contribution in [3.05, 3.63) is 29.3 Å². The van der Waals surface area contributed by atoms with Crippen molar-refractivity contribution in [2.24, 2.45) is 5.41 Å². The number of carbonyl (C=O) groups excluding carboxylic acids is 1. The zero-order valence-electron chi connectivity index (χ0n) is 21.5. The minimum Gasteiger partial charge on any atom is -0.492 e. The van der Waals surface area contributed by atoms with E-state index >= 15 is 0 Å². The second-order valence-corrected chi connectivity index (χ2v) is 9.91. The van der Waals surface area contributed by atoms with E-state index in [9.17, 15) is 4.79 Å². The minimum atomic E-state index is -0.538. The Morgan fingerprint density at radius 1 is 1.00 bits per heavy atom. The molecular formula is C26H44Cl3N3O3. The van der Waals surface area contributed by atoms with E-state index in [1.54, 1.807) is 0 Å². The number of benzene rings is 1. The molecular weight excluding hydrogens is 509 g/mol. The molecule has 1 aromatic rings. The van der Waals surface area contributed by atoms with Gasteiger partial charge in [0, 0.05) is 19.1 Å². The molecule has 0 atom stereocenters. The normalized spacial score (nSPS) is 21.0. The average Bonchev–Trinajstić information content (AvgIpc) is 2.83. The van der Waals surface area contributed by atoms with E-state index in [1.807, 2.05) is 6.92 Å². The van der Waals surface area contributed by atoms with Gasteiger partial charge in [-0.3, -0.25) is 4.79 Å². The number of fused-ring (bicyclic) bond motifs is 1. The Morgan fingerprint density at radius 3 is 2.31 bits per heavy atom. The summed E-state index contributed by atoms with van der Waals surface area (Å²) in [6.07, 6.45) is 5.19. The molecule has 202 valence electrons. The number of likely N-dealkylation sites (tertiary alicyclic amines) is 2. The van der Waals surface area contributed by atoms with Crippen LogP contribution >= 0.6 is 37.2 Å². The summed E-state index contributed by atoms with van der Waals surface area (Å²) in [5.41, 5.74) is 2.22. The Morgan fingerprint density at radius 2 is 1.69 bits per heavy atom. The quantitative estimate of drug-likeness (QED) is 0.466. The van der Waals surface area contributed by atoms with Crippen LogP contribution in [0.3, 0.4) is 0 Å². The number of piperidine rings is 2. The highest BCUT2D eigenvalue weighted by Crippen LogP contribution is 2.36. The van der Waals surface area contributed by atoms with Crippen LogP contribution in [0.2, 0.25) is 0 Å². The van der Waals surface area contributed by atoms with Gasteiger partial charge in [0.25, 0.3) is 0 Å². The zero-order valence-corrected chi connectivity index (χ0v) is 23.9. The topological polar surface area (TPSA) is 45.3 Å². The van der Waals surface area contributed by atoms with E-state index in [2.05, 4.69) is 46.9 Å². The lowest BCUT2D eigenvalue weighted by atomic mass is 9.78. The van der Waals surface area contributed by atoms with Gasteiger partial charge in [-0.05, 0) is 102 Å². The Balaban J connectivity index is 0.00000204. The highest BCUT2D eigenvalue weighted by Gasteiger charge is 2.45. The molecule has 6 nitrogen and oxygen atoms in total. The van der Waals surface area contributed by atoms with Gasteiger partial charge in [-0.1, -0.05) is 13.0 Å². The van der Waals surface area contributed by atoms with Crippen molar-refractivity contribution in [3.8, 4) is 5.75 Å². The second-order valence-electron chi connectivity index (χ2n) is 9.91. The molecule has 0 aliphatic carbocycles. The molecule has 35 heavy (non-hydrogen) atoms. The lowest BCUT2D eigenvalue weighted by molar-refractivity contribution is -0.161. The van der Waals surface area contributed by atoms with Gasteiger partial charge in [0.1, 0.15) is 17.8 Å².